The Morgan fingerprint density at radius 3 is 1.06 bits per heavy atom. The minimum atomic E-state index is 0.128. The molecule has 0 amide bonds. The number of rotatable bonds is 8. The topological polar surface area (TPSA) is 221 Å². The van der Waals surface area contributed by atoms with Crippen LogP contribution in [0.5, 0.6) is 0 Å². The van der Waals surface area contributed by atoms with E-state index in [4.69, 9.17) is 9.97 Å². The number of hydrogen-bond acceptors (Lipinski definition) is 10. The van der Waals surface area contributed by atoms with Gasteiger partial charge in [0.1, 0.15) is 0 Å². The quantitative estimate of drug-likeness (QED) is 0.140. The molecule has 0 N–H and O–H groups in total. The molecule has 77 heavy (non-hydrogen) atoms. The normalized spacial score (nSPS) is 10.5. The predicted molar refractivity (Wildman–Crippen MR) is 292 cm³/mol. The summed E-state index contributed by atoms with van der Waals surface area (Å²) in [5.41, 5.74) is 11.7. The van der Waals surface area contributed by atoms with Gasteiger partial charge in [-0.1, -0.05) is 97.1 Å². The number of aromatic nitrogens is 3. The highest BCUT2D eigenvalue weighted by atomic mass is 15.0. The van der Waals surface area contributed by atoms with Gasteiger partial charge in [0, 0.05) is 49.7 Å². The number of nitrogens with zero attached hydrogens (tertiary/aromatic N) is 11. The molecule has 0 spiro atoms. The first-order chi connectivity index (χ1) is 37.8. The fourth-order valence-corrected chi connectivity index (χ4v) is 10.0. The van der Waals surface area contributed by atoms with E-state index in [9.17, 15) is 42.1 Å². The van der Waals surface area contributed by atoms with Crippen molar-refractivity contribution in [1.29, 1.82) is 42.1 Å². The van der Waals surface area contributed by atoms with Crippen molar-refractivity contribution in [1.82, 2.24) is 14.5 Å². The molecule has 0 aliphatic rings. The Morgan fingerprint density at radius 2 is 0.688 bits per heavy atom. The minimum Gasteiger partial charge on any atom is -0.308 e. The average Bonchev–Trinajstić information content (AvgIpc) is 3.94. The molecule has 0 atom stereocenters. The van der Waals surface area contributed by atoms with Crippen LogP contribution >= 0.6 is 0 Å². The summed E-state index contributed by atoms with van der Waals surface area (Å²) in [5.74, 6) is 0.414. The number of benzene rings is 9. The maximum Gasteiger partial charge on any atom is 0.160 e. The van der Waals surface area contributed by atoms with Crippen LogP contribution in [0.25, 0.3) is 106 Å². The van der Waals surface area contributed by atoms with E-state index in [1.54, 1.807) is 12.1 Å². The van der Waals surface area contributed by atoms with E-state index in [-0.39, 0.29) is 33.4 Å². The molecule has 2 heterocycles. The highest BCUT2D eigenvalue weighted by Crippen LogP contribution is 2.46. The molecule has 0 saturated heterocycles. The Bertz CT molecular complexity index is 4310. The number of fused-ring (bicyclic) bond motifs is 3. The highest BCUT2D eigenvalue weighted by molar-refractivity contribution is 6.13. The van der Waals surface area contributed by atoms with Gasteiger partial charge in [-0.25, -0.2) is 9.97 Å². The molecule has 0 unspecified atom stereocenters. The van der Waals surface area contributed by atoms with E-state index >= 15 is 0 Å². The van der Waals surface area contributed by atoms with Crippen molar-refractivity contribution < 1.29 is 0 Å². The Labute approximate surface area is 441 Å². The summed E-state index contributed by atoms with van der Waals surface area (Å²) >= 11 is 0. The molecule has 9 aromatic carbocycles. The van der Waals surface area contributed by atoms with Crippen molar-refractivity contribution in [3.05, 3.63) is 233 Å². The van der Waals surface area contributed by atoms with Gasteiger partial charge in [-0.3, -0.25) is 0 Å². The second-order valence-electron chi connectivity index (χ2n) is 17.9. The summed E-state index contributed by atoms with van der Waals surface area (Å²) < 4.78 is 2.09. The molecule has 0 radical (unpaired) electrons. The maximum atomic E-state index is 10.5. The molecule has 0 fully saturated rings. The number of nitriles is 8. The second kappa shape index (κ2) is 19.8. The van der Waals surface area contributed by atoms with Crippen LogP contribution in [-0.4, -0.2) is 14.5 Å². The van der Waals surface area contributed by atoms with E-state index in [1.807, 2.05) is 152 Å². The smallest absolute Gasteiger partial charge is 0.160 e. The molecule has 0 aliphatic carbocycles. The zero-order valence-electron chi connectivity index (χ0n) is 40.3. The lowest BCUT2D eigenvalue weighted by molar-refractivity contribution is 1.16. The van der Waals surface area contributed by atoms with Crippen molar-refractivity contribution >= 4 is 21.8 Å². The summed E-state index contributed by atoms with van der Waals surface area (Å²) in [7, 11) is 0. The Balaban J connectivity index is 1.30. The van der Waals surface area contributed by atoms with Gasteiger partial charge in [0.05, 0.1) is 121 Å². The molecule has 350 valence electrons. The van der Waals surface area contributed by atoms with Crippen molar-refractivity contribution in [2.45, 2.75) is 0 Å². The second-order valence-corrected chi connectivity index (χ2v) is 17.9. The monoisotopic (exact) mass is 977 g/mol. The first kappa shape index (κ1) is 47.1. The SMILES string of the molecule is N#Cc1cccc(-c2cc(-c3nc(-c4ccccc4)cc(-c4ccccc4)n3)cc(-c3cccc(C#N)c3)c2-n2c3ccc(-c4c(C#N)cc(C#N)cc4C#N)cc3c3cc(-c4c(C#N)cc(C#N)cc4C#N)ccc32)c1. The summed E-state index contributed by atoms with van der Waals surface area (Å²) in [6.07, 6.45) is 0. The van der Waals surface area contributed by atoms with Crippen LogP contribution in [0.2, 0.25) is 0 Å². The Kier molecular flexibility index (Phi) is 12.1. The largest absolute Gasteiger partial charge is 0.308 e. The van der Waals surface area contributed by atoms with Crippen LogP contribution in [0.4, 0.5) is 0 Å². The van der Waals surface area contributed by atoms with Crippen LogP contribution < -0.4 is 0 Å². The van der Waals surface area contributed by atoms with Crippen LogP contribution in [0.15, 0.2) is 188 Å². The lowest BCUT2D eigenvalue weighted by Crippen LogP contribution is -2.03. The molecule has 0 bridgehead atoms. The zero-order chi connectivity index (χ0) is 53.2. The fourth-order valence-electron chi connectivity index (χ4n) is 10.0. The third-order valence-corrected chi connectivity index (χ3v) is 13.4. The van der Waals surface area contributed by atoms with Gasteiger partial charge < -0.3 is 4.57 Å². The highest BCUT2D eigenvalue weighted by Gasteiger charge is 2.26. The molecule has 11 aromatic rings. The van der Waals surface area contributed by atoms with Gasteiger partial charge in [0.15, 0.2) is 5.82 Å². The summed E-state index contributed by atoms with van der Waals surface area (Å²) in [5, 5.41) is 83.6. The third-order valence-electron chi connectivity index (χ3n) is 13.4. The van der Waals surface area contributed by atoms with E-state index < -0.39 is 0 Å². The fraction of sp³-hybridized carbons (Fsp3) is 0. The summed E-state index contributed by atoms with van der Waals surface area (Å²) in [6.45, 7) is 0. The lowest BCUT2D eigenvalue weighted by Gasteiger charge is -2.21. The Hall–Kier alpha value is -12.2. The van der Waals surface area contributed by atoms with Gasteiger partial charge >= 0.3 is 0 Å². The van der Waals surface area contributed by atoms with E-state index in [0.29, 0.717) is 106 Å². The molecular weight excluding hydrogens is 947 g/mol. The molecule has 0 aliphatic heterocycles. The molecule has 0 saturated carbocycles. The maximum absolute atomic E-state index is 10.5. The van der Waals surface area contributed by atoms with E-state index in [1.165, 1.54) is 24.3 Å². The standard InChI is InChI=1S/C66H31N11/c67-32-40-9-7-15-46(21-40)55-29-50(66-75-59(44-11-3-1-4-12-44)31-60(76-66)45-13-5-2-6-14-45)30-56(47-16-8-10-41(22-47)33-68)65(55)77-61-19-17-48(63-51(36-71)23-42(34-69)24-52(63)37-72)27-57(61)58-28-49(18-20-62(58)77)64-53(38-73)25-43(35-70)26-54(64)39-74/h1-31H. The van der Waals surface area contributed by atoms with Gasteiger partial charge in [0.2, 0.25) is 0 Å². The lowest BCUT2D eigenvalue weighted by atomic mass is 9.91. The molecule has 11 nitrogen and oxygen atoms in total. The Morgan fingerprint density at radius 1 is 0.299 bits per heavy atom. The van der Waals surface area contributed by atoms with E-state index in [2.05, 4.69) is 53.1 Å². The van der Waals surface area contributed by atoms with Crippen molar-refractivity contribution in [3.8, 4) is 133 Å². The van der Waals surface area contributed by atoms with Crippen LogP contribution in [-0.2, 0) is 0 Å². The molecular formula is C66H31N11. The van der Waals surface area contributed by atoms with Gasteiger partial charge in [0.25, 0.3) is 0 Å². The van der Waals surface area contributed by atoms with Crippen molar-refractivity contribution in [2.75, 3.05) is 0 Å². The van der Waals surface area contributed by atoms with Gasteiger partial charge in [-0.15, -0.1) is 0 Å². The number of hydrogen-bond donors (Lipinski definition) is 0. The molecule has 2 aromatic heterocycles. The van der Waals surface area contributed by atoms with Crippen LogP contribution in [0.1, 0.15) is 44.5 Å². The first-order valence-corrected chi connectivity index (χ1v) is 23.8. The van der Waals surface area contributed by atoms with Crippen LogP contribution in [0.3, 0.4) is 0 Å². The summed E-state index contributed by atoms with van der Waals surface area (Å²) in [6, 6.07) is 74.7. The minimum absolute atomic E-state index is 0.128. The molecule has 11 rings (SSSR count). The zero-order valence-corrected chi connectivity index (χ0v) is 40.3. The summed E-state index contributed by atoms with van der Waals surface area (Å²) in [4.78, 5) is 10.5. The predicted octanol–water partition coefficient (Wildman–Crippen LogP) is 14.2. The van der Waals surface area contributed by atoms with Gasteiger partial charge in [-0.2, -0.15) is 42.1 Å². The molecule has 11 heteroatoms. The average molecular weight is 978 g/mol. The van der Waals surface area contributed by atoms with Crippen molar-refractivity contribution in [3.63, 3.8) is 0 Å². The van der Waals surface area contributed by atoms with Crippen molar-refractivity contribution in [2.24, 2.45) is 0 Å². The van der Waals surface area contributed by atoms with Gasteiger partial charge in [-0.05, 0) is 113 Å². The first-order valence-electron chi connectivity index (χ1n) is 23.8. The third kappa shape index (κ3) is 8.45. The van der Waals surface area contributed by atoms with Crippen LogP contribution in [0, 0.1) is 90.6 Å². The van der Waals surface area contributed by atoms with E-state index in [0.717, 1.165) is 11.1 Å².